The van der Waals surface area contributed by atoms with E-state index in [-0.39, 0.29) is 36.0 Å². The molecule has 0 aromatic heterocycles. The number of benzene rings is 2. The second kappa shape index (κ2) is 14.0. The number of ketones is 2. The summed E-state index contributed by atoms with van der Waals surface area (Å²) in [7, 11) is 0. The van der Waals surface area contributed by atoms with Gasteiger partial charge in [-0.1, -0.05) is 79.9 Å². The van der Waals surface area contributed by atoms with Gasteiger partial charge in [0.25, 0.3) is 0 Å². The lowest BCUT2D eigenvalue weighted by Crippen LogP contribution is -2.40. The molecule has 1 atom stereocenters. The molecule has 2 aromatic rings. The first-order valence-corrected chi connectivity index (χ1v) is 12.8. The van der Waals surface area contributed by atoms with E-state index in [2.05, 4.69) is 10.9 Å². The van der Waals surface area contributed by atoms with Gasteiger partial charge in [-0.3, -0.25) is 14.4 Å². The average molecular weight is 504 g/mol. The zero-order valence-corrected chi connectivity index (χ0v) is 21.4. The Morgan fingerprint density at radius 2 is 1.30 bits per heavy atom. The van der Waals surface area contributed by atoms with E-state index < -0.39 is 35.3 Å². The van der Waals surface area contributed by atoms with Gasteiger partial charge in [-0.05, 0) is 32.6 Å². The minimum atomic E-state index is -1.58. The molecule has 1 fully saturated rings. The molecule has 0 heterocycles. The zero-order chi connectivity index (χ0) is 26.6. The number of rotatable bonds is 11. The first kappa shape index (κ1) is 27.8. The predicted molar refractivity (Wildman–Crippen MR) is 140 cm³/mol. The molecule has 37 heavy (non-hydrogen) atoms. The van der Waals surface area contributed by atoms with E-state index in [1.54, 1.807) is 74.5 Å². The van der Waals surface area contributed by atoms with Crippen LogP contribution in [0.4, 0.5) is 0 Å². The monoisotopic (exact) mass is 503 g/mol. The van der Waals surface area contributed by atoms with Crippen molar-refractivity contribution in [1.29, 1.82) is 0 Å². The lowest BCUT2D eigenvalue weighted by molar-refractivity contribution is -0.150. The quantitative estimate of drug-likeness (QED) is 0.140. The molecule has 3 rings (SSSR count). The van der Waals surface area contributed by atoms with Gasteiger partial charge in [0.1, 0.15) is 17.4 Å². The van der Waals surface area contributed by atoms with E-state index in [0.29, 0.717) is 0 Å². The number of aliphatic imine (C=N–C) groups is 1. The summed E-state index contributed by atoms with van der Waals surface area (Å²) in [6.45, 7) is 3.28. The SMILES string of the molecule is CCOC(=O)C(=C=NC1CCCCC1)C(C(=O)OCC)C(C(=O)c1ccccc1)C(=O)c1ccccc1. The Kier molecular flexibility index (Phi) is 10.5. The van der Waals surface area contributed by atoms with Gasteiger partial charge in [0.2, 0.25) is 0 Å². The third-order valence-electron chi connectivity index (χ3n) is 6.30. The minimum Gasteiger partial charge on any atom is -0.465 e. The summed E-state index contributed by atoms with van der Waals surface area (Å²) in [5, 5.41) is 0. The number of ether oxygens (including phenoxy) is 2. The first-order valence-electron chi connectivity index (χ1n) is 12.8. The Balaban J connectivity index is 2.21. The molecule has 0 amide bonds. The molecule has 7 heteroatoms. The summed E-state index contributed by atoms with van der Waals surface area (Å²) >= 11 is 0. The van der Waals surface area contributed by atoms with Crippen LogP contribution in [0, 0.1) is 11.8 Å². The summed E-state index contributed by atoms with van der Waals surface area (Å²) in [5.41, 5.74) is 0.196. The molecule has 0 N–H and O–H groups in total. The van der Waals surface area contributed by atoms with Gasteiger partial charge in [-0.25, -0.2) is 9.79 Å². The lowest BCUT2D eigenvalue weighted by Gasteiger charge is -2.24. The normalized spacial score (nSPS) is 14.2. The number of carbonyl (C=O) groups excluding carboxylic acids is 4. The van der Waals surface area contributed by atoms with Crippen LogP contribution in [0.2, 0.25) is 0 Å². The Morgan fingerprint density at radius 3 is 1.78 bits per heavy atom. The van der Waals surface area contributed by atoms with E-state index in [9.17, 15) is 19.2 Å². The second-order valence-corrected chi connectivity index (χ2v) is 8.83. The summed E-state index contributed by atoms with van der Waals surface area (Å²) in [6, 6.07) is 16.4. The van der Waals surface area contributed by atoms with Crippen molar-refractivity contribution in [2.45, 2.75) is 52.0 Å². The van der Waals surface area contributed by atoms with E-state index >= 15 is 0 Å². The number of hydrogen-bond acceptors (Lipinski definition) is 7. The van der Waals surface area contributed by atoms with Crippen LogP contribution in [0.15, 0.2) is 71.2 Å². The number of hydrogen-bond donors (Lipinski definition) is 0. The smallest absolute Gasteiger partial charge is 0.344 e. The highest BCUT2D eigenvalue weighted by atomic mass is 16.5. The van der Waals surface area contributed by atoms with Crippen LogP contribution in [0.5, 0.6) is 0 Å². The lowest BCUT2D eigenvalue weighted by atomic mass is 9.76. The van der Waals surface area contributed by atoms with Crippen LogP contribution in [0.25, 0.3) is 0 Å². The van der Waals surface area contributed by atoms with Gasteiger partial charge < -0.3 is 9.47 Å². The fourth-order valence-corrected chi connectivity index (χ4v) is 4.46. The van der Waals surface area contributed by atoms with Crippen molar-refractivity contribution in [2.24, 2.45) is 16.8 Å². The van der Waals surface area contributed by atoms with Crippen LogP contribution in [0.3, 0.4) is 0 Å². The largest absolute Gasteiger partial charge is 0.465 e. The molecular formula is C30H33NO6. The van der Waals surface area contributed by atoms with Gasteiger partial charge >= 0.3 is 11.9 Å². The molecule has 2 aromatic carbocycles. The summed E-state index contributed by atoms with van der Waals surface area (Å²) < 4.78 is 10.5. The average Bonchev–Trinajstić information content (AvgIpc) is 2.94. The molecule has 194 valence electrons. The van der Waals surface area contributed by atoms with Crippen molar-refractivity contribution in [3.05, 3.63) is 77.4 Å². The Hall–Kier alpha value is -3.83. The van der Waals surface area contributed by atoms with Crippen LogP contribution in [-0.2, 0) is 19.1 Å². The van der Waals surface area contributed by atoms with Gasteiger partial charge in [0, 0.05) is 11.1 Å². The van der Waals surface area contributed by atoms with Crippen LogP contribution < -0.4 is 0 Å². The molecule has 1 aliphatic rings. The summed E-state index contributed by atoms with van der Waals surface area (Å²) in [4.78, 5) is 58.8. The Morgan fingerprint density at radius 1 is 0.784 bits per heavy atom. The maximum atomic E-state index is 13.8. The predicted octanol–water partition coefficient (Wildman–Crippen LogP) is 5.04. The molecule has 0 spiro atoms. The molecule has 0 aliphatic heterocycles. The highest BCUT2D eigenvalue weighted by Crippen LogP contribution is 2.30. The molecule has 1 unspecified atom stereocenters. The molecule has 1 saturated carbocycles. The van der Waals surface area contributed by atoms with Crippen molar-refractivity contribution in [3.63, 3.8) is 0 Å². The zero-order valence-electron chi connectivity index (χ0n) is 21.4. The molecule has 0 saturated heterocycles. The fourth-order valence-electron chi connectivity index (χ4n) is 4.46. The Bertz CT molecular complexity index is 1090. The minimum absolute atomic E-state index is 0.00299. The molecule has 0 bridgehead atoms. The van der Waals surface area contributed by atoms with Gasteiger partial charge in [-0.2, -0.15) is 0 Å². The van der Waals surface area contributed by atoms with Crippen molar-refractivity contribution in [1.82, 2.24) is 0 Å². The molecule has 1 aliphatic carbocycles. The highest BCUT2D eigenvalue weighted by Gasteiger charge is 2.45. The topological polar surface area (TPSA) is 99.1 Å². The molecule has 7 nitrogen and oxygen atoms in total. The highest BCUT2D eigenvalue weighted by molar-refractivity contribution is 6.20. The third-order valence-corrected chi connectivity index (χ3v) is 6.30. The summed E-state index contributed by atoms with van der Waals surface area (Å²) in [5.74, 6) is -3.32. The van der Waals surface area contributed by atoms with Crippen molar-refractivity contribution >= 4 is 29.4 Å². The van der Waals surface area contributed by atoms with Crippen molar-refractivity contribution in [3.8, 4) is 0 Å². The van der Waals surface area contributed by atoms with E-state index in [1.165, 1.54) is 0 Å². The van der Waals surface area contributed by atoms with E-state index in [0.717, 1.165) is 32.1 Å². The van der Waals surface area contributed by atoms with Crippen molar-refractivity contribution in [2.75, 3.05) is 13.2 Å². The number of carbonyl (C=O) groups is 4. The Labute approximate surface area is 217 Å². The van der Waals surface area contributed by atoms with Gasteiger partial charge in [0.05, 0.1) is 19.3 Å². The van der Waals surface area contributed by atoms with E-state index in [1.807, 2.05) is 0 Å². The second-order valence-electron chi connectivity index (χ2n) is 8.83. The maximum absolute atomic E-state index is 13.8. The number of esters is 2. The molecular weight excluding hydrogens is 470 g/mol. The van der Waals surface area contributed by atoms with Crippen LogP contribution in [-0.4, -0.2) is 48.6 Å². The van der Waals surface area contributed by atoms with E-state index in [4.69, 9.17) is 9.47 Å². The fraction of sp³-hybridized carbons (Fsp3) is 0.400. The van der Waals surface area contributed by atoms with Crippen LogP contribution >= 0.6 is 0 Å². The first-order chi connectivity index (χ1) is 18.0. The summed E-state index contributed by atoms with van der Waals surface area (Å²) in [6.07, 6.45) is 4.80. The maximum Gasteiger partial charge on any atom is 0.344 e. The number of Topliss-reactive ketones (excluding diaryl/α,β-unsaturated/α-hetero) is 2. The molecule has 0 radical (unpaired) electrons. The van der Waals surface area contributed by atoms with Crippen LogP contribution in [0.1, 0.15) is 66.7 Å². The number of nitrogens with zero attached hydrogens (tertiary/aromatic N) is 1. The van der Waals surface area contributed by atoms with Crippen molar-refractivity contribution < 1.29 is 28.7 Å². The standard InChI is InChI=1S/C30H33NO6/c1-3-36-29(34)24(20-31-23-18-12-7-13-19-23)25(30(35)37-4-2)26(27(32)21-14-8-5-9-15-21)28(33)22-16-10-6-11-17-22/h5-6,8-11,14-17,23,25-26H,3-4,7,12-13,18-19H2,1-2H3. The third kappa shape index (κ3) is 7.34. The van der Waals surface area contributed by atoms with Gasteiger partial charge in [0.15, 0.2) is 11.6 Å². The van der Waals surface area contributed by atoms with Gasteiger partial charge in [-0.15, -0.1) is 0 Å².